The summed E-state index contributed by atoms with van der Waals surface area (Å²) in [7, 11) is 3.10. The van der Waals surface area contributed by atoms with E-state index in [9.17, 15) is 0 Å². The van der Waals surface area contributed by atoms with Crippen molar-refractivity contribution in [1.82, 2.24) is 4.90 Å². The number of ether oxygens (including phenoxy) is 1. The van der Waals surface area contributed by atoms with Gasteiger partial charge < -0.3 is 14.0 Å². The summed E-state index contributed by atoms with van der Waals surface area (Å²) in [5.41, 5.74) is 2.49. The van der Waals surface area contributed by atoms with E-state index in [1.54, 1.807) is 14.2 Å². The van der Waals surface area contributed by atoms with Crippen LogP contribution in [0.15, 0.2) is 60.7 Å². The minimum Gasteiger partial charge on any atom is -0.414 e. The van der Waals surface area contributed by atoms with Crippen LogP contribution in [0.25, 0.3) is 0 Å². The first kappa shape index (κ1) is 18.1. The molecule has 0 bridgehead atoms. The maximum Gasteiger partial charge on any atom is 0.466 e. The molecule has 0 aromatic heterocycles. The zero-order chi connectivity index (χ0) is 17.5. The molecule has 4 nitrogen and oxygen atoms in total. The SMILES string of the molecule is COB(OC)[C@@H](c1ccccc1)[C@H](c1ccccc1)N1CCOCC1. The van der Waals surface area contributed by atoms with Crippen LogP contribution in [0.5, 0.6) is 0 Å². The number of benzene rings is 2. The van der Waals surface area contributed by atoms with E-state index in [-0.39, 0.29) is 19.0 Å². The lowest BCUT2D eigenvalue weighted by Gasteiger charge is -2.40. The van der Waals surface area contributed by atoms with Gasteiger partial charge in [0.2, 0.25) is 0 Å². The van der Waals surface area contributed by atoms with E-state index in [1.165, 1.54) is 11.1 Å². The van der Waals surface area contributed by atoms with Crippen LogP contribution >= 0.6 is 0 Å². The Morgan fingerprint density at radius 1 is 0.840 bits per heavy atom. The number of rotatable bonds is 7. The van der Waals surface area contributed by atoms with Gasteiger partial charge in [0, 0.05) is 39.2 Å². The topological polar surface area (TPSA) is 30.9 Å². The minimum atomic E-state index is -0.324. The summed E-state index contributed by atoms with van der Waals surface area (Å²) in [5.74, 6) is 0.0664. The van der Waals surface area contributed by atoms with Crippen molar-refractivity contribution >= 4 is 7.12 Å². The first-order chi connectivity index (χ1) is 12.3. The highest BCUT2D eigenvalue weighted by Gasteiger charge is 2.40. The van der Waals surface area contributed by atoms with Crippen molar-refractivity contribution in [3.8, 4) is 0 Å². The molecule has 1 aliphatic rings. The zero-order valence-electron chi connectivity index (χ0n) is 15.0. The molecule has 1 saturated heterocycles. The van der Waals surface area contributed by atoms with E-state index < -0.39 is 0 Å². The molecule has 0 radical (unpaired) electrons. The van der Waals surface area contributed by atoms with Crippen molar-refractivity contribution in [2.45, 2.75) is 11.9 Å². The molecule has 0 aliphatic carbocycles. The van der Waals surface area contributed by atoms with Crippen molar-refractivity contribution in [2.75, 3.05) is 40.5 Å². The molecule has 2 atom stereocenters. The van der Waals surface area contributed by atoms with Crippen LogP contribution in [0.3, 0.4) is 0 Å². The molecule has 3 rings (SSSR count). The Bertz CT molecular complexity index is 615. The monoisotopic (exact) mass is 339 g/mol. The van der Waals surface area contributed by atoms with E-state index in [1.807, 2.05) is 6.07 Å². The van der Waals surface area contributed by atoms with Crippen LogP contribution in [-0.2, 0) is 14.0 Å². The molecule has 132 valence electrons. The highest BCUT2D eigenvalue weighted by Crippen LogP contribution is 2.38. The van der Waals surface area contributed by atoms with Gasteiger partial charge in [-0.05, 0) is 11.1 Å². The lowest BCUT2D eigenvalue weighted by molar-refractivity contribution is 0.0121. The lowest BCUT2D eigenvalue weighted by atomic mass is 9.62. The summed E-state index contributed by atoms with van der Waals surface area (Å²) in [6.07, 6.45) is 0. The van der Waals surface area contributed by atoms with Crippen LogP contribution in [0.2, 0.25) is 0 Å². The Kier molecular flexibility index (Phi) is 6.65. The van der Waals surface area contributed by atoms with Crippen LogP contribution in [-0.4, -0.2) is 52.5 Å². The van der Waals surface area contributed by atoms with Gasteiger partial charge in [-0.2, -0.15) is 0 Å². The molecule has 0 amide bonds. The third kappa shape index (κ3) is 4.31. The van der Waals surface area contributed by atoms with Gasteiger partial charge in [-0.1, -0.05) is 60.7 Å². The quantitative estimate of drug-likeness (QED) is 0.725. The van der Waals surface area contributed by atoms with Crippen molar-refractivity contribution < 1.29 is 14.0 Å². The first-order valence-corrected chi connectivity index (χ1v) is 8.82. The second-order valence-corrected chi connectivity index (χ2v) is 6.28. The number of hydrogen-bond acceptors (Lipinski definition) is 4. The predicted molar refractivity (Wildman–Crippen MR) is 101 cm³/mol. The van der Waals surface area contributed by atoms with Crippen molar-refractivity contribution in [2.24, 2.45) is 0 Å². The van der Waals surface area contributed by atoms with Gasteiger partial charge >= 0.3 is 7.12 Å². The van der Waals surface area contributed by atoms with Gasteiger partial charge in [0.05, 0.1) is 13.2 Å². The van der Waals surface area contributed by atoms with Crippen molar-refractivity contribution in [3.63, 3.8) is 0 Å². The summed E-state index contributed by atoms with van der Waals surface area (Å²) in [6.45, 7) is 3.33. The smallest absolute Gasteiger partial charge is 0.414 e. The van der Waals surface area contributed by atoms with Crippen LogP contribution < -0.4 is 0 Å². The molecule has 0 unspecified atom stereocenters. The van der Waals surface area contributed by atoms with Gasteiger partial charge in [0.15, 0.2) is 0 Å². The van der Waals surface area contributed by atoms with Gasteiger partial charge in [-0.3, -0.25) is 4.90 Å². The molecule has 0 spiro atoms. The predicted octanol–water partition coefficient (Wildman–Crippen LogP) is 3.16. The van der Waals surface area contributed by atoms with E-state index in [0.29, 0.717) is 0 Å². The van der Waals surface area contributed by atoms with E-state index in [2.05, 4.69) is 59.5 Å². The summed E-state index contributed by atoms with van der Waals surface area (Å²) in [6, 6.07) is 21.3. The average Bonchev–Trinajstić information content (AvgIpc) is 2.70. The maximum atomic E-state index is 5.73. The average molecular weight is 339 g/mol. The fraction of sp³-hybridized carbons (Fsp3) is 0.400. The van der Waals surface area contributed by atoms with Gasteiger partial charge in [-0.25, -0.2) is 0 Å². The molecule has 5 heteroatoms. The summed E-state index contributed by atoms with van der Waals surface area (Å²) in [5, 5.41) is 0. The van der Waals surface area contributed by atoms with Crippen molar-refractivity contribution in [1.29, 1.82) is 0 Å². The summed E-state index contributed by atoms with van der Waals surface area (Å²) < 4.78 is 17.0. The molecule has 2 aromatic carbocycles. The Labute approximate surface area is 150 Å². The molecule has 0 N–H and O–H groups in total. The third-order valence-corrected chi connectivity index (χ3v) is 4.86. The normalized spacial score (nSPS) is 17.8. The number of hydrogen-bond donors (Lipinski definition) is 0. The molecule has 25 heavy (non-hydrogen) atoms. The first-order valence-electron chi connectivity index (χ1n) is 8.82. The van der Waals surface area contributed by atoms with E-state index in [0.717, 1.165) is 26.3 Å². The molecule has 2 aromatic rings. The minimum absolute atomic E-state index is 0.0664. The molecule has 1 heterocycles. The molecule has 0 saturated carbocycles. The maximum absolute atomic E-state index is 5.73. The Hall–Kier alpha value is -1.66. The van der Waals surface area contributed by atoms with Gasteiger partial charge in [0.1, 0.15) is 0 Å². The fourth-order valence-corrected chi connectivity index (χ4v) is 3.70. The second kappa shape index (κ2) is 9.16. The van der Waals surface area contributed by atoms with E-state index in [4.69, 9.17) is 14.0 Å². The van der Waals surface area contributed by atoms with Gasteiger partial charge in [0.25, 0.3) is 0 Å². The molecule has 1 fully saturated rings. The summed E-state index contributed by atoms with van der Waals surface area (Å²) in [4.78, 5) is 2.49. The lowest BCUT2D eigenvalue weighted by Crippen LogP contribution is -2.45. The Balaban J connectivity index is 2.05. The number of morpholine rings is 1. The van der Waals surface area contributed by atoms with Gasteiger partial charge in [-0.15, -0.1) is 0 Å². The fourth-order valence-electron chi connectivity index (χ4n) is 3.70. The standard InChI is InChI=1S/C20H26BNO3/c1-23-21(24-2)19(17-9-5-3-6-10-17)20(18-11-7-4-8-12-18)22-13-15-25-16-14-22/h3-12,19-20H,13-16H2,1-2H3/t19-,20-/m0/s1. The molecular weight excluding hydrogens is 313 g/mol. The third-order valence-electron chi connectivity index (χ3n) is 4.86. The van der Waals surface area contributed by atoms with Crippen LogP contribution in [0, 0.1) is 0 Å². The van der Waals surface area contributed by atoms with Crippen molar-refractivity contribution in [3.05, 3.63) is 71.8 Å². The summed E-state index contributed by atoms with van der Waals surface area (Å²) >= 11 is 0. The number of nitrogens with zero attached hydrogens (tertiary/aromatic N) is 1. The van der Waals surface area contributed by atoms with Crippen LogP contribution in [0.1, 0.15) is 23.0 Å². The highest BCUT2D eigenvalue weighted by molar-refractivity contribution is 6.46. The molecular formula is C20H26BNO3. The Morgan fingerprint density at radius 2 is 1.36 bits per heavy atom. The molecule has 1 aliphatic heterocycles. The zero-order valence-corrected chi connectivity index (χ0v) is 15.0. The Morgan fingerprint density at radius 3 is 1.88 bits per heavy atom. The van der Waals surface area contributed by atoms with E-state index >= 15 is 0 Å². The largest absolute Gasteiger partial charge is 0.466 e. The van der Waals surface area contributed by atoms with Crippen LogP contribution in [0.4, 0.5) is 0 Å². The second-order valence-electron chi connectivity index (χ2n) is 6.28. The highest BCUT2D eigenvalue weighted by atomic mass is 16.6.